The highest BCUT2D eigenvalue weighted by molar-refractivity contribution is 9.11. The maximum absolute atomic E-state index is 12.6. The number of thiophene rings is 1. The fourth-order valence-corrected chi connectivity index (χ4v) is 6.21. The number of nitrogens with zero attached hydrogens (tertiary/aromatic N) is 1. The molecule has 20 heavy (non-hydrogen) atoms. The lowest BCUT2D eigenvalue weighted by Crippen LogP contribution is -2.46. The maximum Gasteiger partial charge on any atom is 0.244 e. The zero-order valence-electron chi connectivity index (χ0n) is 11.3. The van der Waals surface area contributed by atoms with Crippen LogP contribution in [0.5, 0.6) is 0 Å². The number of hydrogen-bond donors (Lipinski definition) is 1. The molecule has 0 aliphatic carbocycles. The summed E-state index contributed by atoms with van der Waals surface area (Å²) in [5, 5.41) is 2.84. The van der Waals surface area contributed by atoms with Gasteiger partial charge in [0.05, 0.1) is 8.68 Å². The van der Waals surface area contributed by atoms with E-state index < -0.39 is 10.0 Å². The molecule has 1 fully saturated rings. The van der Waals surface area contributed by atoms with Gasteiger partial charge in [0.1, 0.15) is 0 Å². The van der Waals surface area contributed by atoms with Crippen LogP contribution in [0, 0.1) is 6.92 Å². The average Bonchev–Trinajstić information content (AvgIpc) is 2.69. The molecule has 2 heterocycles. The molecule has 1 aromatic heterocycles. The summed E-state index contributed by atoms with van der Waals surface area (Å²) in [4.78, 5) is 12.2. The average molecular weight is 381 g/mol. The molecule has 0 atom stereocenters. The van der Waals surface area contributed by atoms with Crippen molar-refractivity contribution in [3.63, 3.8) is 0 Å². The third kappa shape index (κ3) is 3.41. The van der Waals surface area contributed by atoms with Crippen molar-refractivity contribution >= 4 is 43.2 Å². The Hall–Kier alpha value is -0.440. The Kier molecular flexibility index (Phi) is 4.88. The van der Waals surface area contributed by atoms with Crippen molar-refractivity contribution in [1.82, 2.24) is 9.62 Å². The molecule has 1 saturated heterocycles. The molecular formula is C12H17BrN2O3S2. The number of carbonyl (C=O) groups is 1. The topological polar surface area (TPSA) is 66.5 Å². The maximum atomic E-state index is 12.6. The molecule has 1 aliphatic heterocycles. The number of aryl methyl sites for hydroxylation is 1. The number of piperidine rings is 1. The van der Waals surface area contributed by atoms with Crippen LogP contribution in [0.15, 0.2) is 14.7 Å². The molecule has 0 radical (unpaired) electrons. The Morgan fingerprint density at radius 3 is 2.50 bits per heavy atom. The summed E-state index contributed by atoms with van der Waals surface area (Å²) in [5.41, 5.74) is 0. The second-order valence-corrected chi connectivity index (χ2v) is 9.39. The number of amides is 1. The van der Waals surface area contributed by atoms with Gasteiger partial charge in [-0.15, -0.1) is 11.3 Å². The van der Waals surface area contributed by atoms with Crippen molar-refractivity contribution in [1.29, 1.82) is 0 Å². The lowest BCUT2D eigenvalue weighted by molar-refractivity contribution is -0.119. The van der Waals surface area contributed by atoms with E-state index in [4.69, 9.17) is 0 Å². The summed E-state index contributed by atoms with van der Waals surface area (Å²) in [6, 6.07) is 1.74. The van der Waals surface area contributed by atoms with E-state index in [2.05, 4.69) is 21.2 Å². The van der Waals surface area contributed by atoms with E-state index in [-0.39, 0.29) is 11.9 Å². The zero-order valence-corrected chi connectivity index (χ0v) is 14.6. The van der Waals surface area contributed by atoms with E-state index >= 15 is 0 Å². The minimum atomic E-state index is -3.42. The number of carbonyl (C=O) groups excluding carboxylic acids is 1. The van der Waals surface area contributed by atoms with Crippen molar-refractivity contribution in [2.45, 2.75) is 37.6 Å². The molecule has 1 N–H and O–H groups in total. The predicted octanol–water partition coefficient (Wildman–Crippen LogP) is 2.11. The summed E-state index contributed by atoms with van der Waals surface area (Å²) in [7, 11) is -3.42. The summed E-state index contributed by atoms with van der Waals surface area (Å²) in [6.07, 6.45) is 1.31. The summed E-state index contributed by atoms with van der Waals surface area (Å²) in [6.45, 7) is 4.18. The van der Waals surface area contributed by atoms with Gasteiger partial charge in [-0.1, -0.05) is 0 Å². The first-order valence-corrected chi connectivity index (χ1v) is 9.39. The smallest absolute Gasteiger partial charge is 0.244 e. The Morgan fingerprint density at radius 2 is 2.05 bits per heavy atom. The first-order valence-electron chi connectivity index (χ1n) is 6.34. The van der Waals surface area contributed by atoms with E-state index in [1.807, 2.05) is 6.92 Å². The minimum absolute atomic E-state index is 0.0658. The quantitative estimate of drug-likeness (QED) is 0.872. The number of sulfonamides is 1. The van der Waals surface area contributed by atoms with Gasteiger partial charge < -0.3 is 5.32 Å². The van der Waals surface area contributed by atoms with Gasteiger partial charge in [0.25, 0.3) is 0 Å². The van der Waals surface area contributed by atoms with Gasteiger partial charge in [-0.2, -0.15) is 4.31 Å². The van der Waals surface area contributed by atoms with Gasteiger partial charge in [0.15, 0.2) is 0 Å². The molecule has 0 unspecified atom stereocenters. The first kappa shape index (κ1) is 15.9. The predicted molar refractivity (Wildman–Crippen MR) is 82.4 cm³/mol. The monoisotopic (exact) mass is 380 g/mol. The molecule has 1 aliphatic rings. The van der Waals surface area contributed by atoms with Crippen molar-refractivity contribution < 1.29 is 13.2 Å². The number of hydrogen-bond acceptors (Lipinski definition) is 4. The van der Waals surface area contributed by atoms with Crippen LogP contribution >= 0.6 is 27.3 Å². The third-order valence-electron chi connectivity index (χ3n) is 3.32. The summed E-state index contributed by atoms with van der Waals surface area (Å²) in [5.74, 6) is -0.0658. The molecule has 1 aromatic rings. The van der Waals surface area contributed by atoms with Gasteiger partial charge in [-0.3, -0.25) is 4.79 Å². The van der Waals surface area contributed by atoms with Crippen LogP contribution in [0.4, 0.5) is 0 Å². The van der Waals surface area contributed by atoms with Crippen molar-refractivity contribution in [3.8, 4) is 0 Å². The van der Waals surface area contributed by atoms with Gasteiger partial charge in [-0.05, 0) is 41.8 Å². The van der Waals surface area contributed by atoms with Crippen molar-refractivity contribution in [2.24, 2.45) is 0 Å². The second kappa shape index (κ2) is 6.13. The van der Waals surface area contributed by atoms with Crippen LogP contribution < -0.4 is 5.32 Å². The fourth-order valence-electron chi connectivity index (χ4n) is 2.35. The molecule has 112 valence electrons. The molecule has 1 amide bonds. The fraction of sp³-hybridized carbons (Fsp3) is 0.583. The highest BCUT2D eigenvalue weighted by Crippen LogP contribution is 2.32. The van der Waals surface area contributed by atoms with E-state index in [1.54, 1.807) is 6.07 Å². The number of nitrogens with one attached hydrogen (secondary N) is 1. The van der Waals surface area contributed by atoms with Crippen LogP contribution in [0.25, 0.3) is 0 Å². The third-order valence-corrected chi connectivity index (χ3v) is 7.03. The largest absolute Gasteiger partial charge is 0.354 e. The summed E-state index contributed by atoms with van der Waals surface area (Å²) < 4.78 is 27.5. The van der Waals surface area contributed by atoms with Crippen LogP contribution in [0.1, 0.15) is 24.6 Å². The molecular weight excluding hydrogens is 364 g/mol. The number of halogens is 1. The van der Waals surface area contributed by atoms with Crippen LogP contribution in [0.2, 0.25) is 0 Å². The van der Waals surface area contributed by atoms with E-state index in [1.165, 1.54) is 22.6 Å². The van der Waals surface area contributed by atoms with Gasteiger partial charge in [0, 0.05) is 30.9 Å². The lowest BCUT2D eigenvalue weighted by Gasteiger charge is -2.31. The molecule has 5 nitrogen and oxygen atoms in total. The molecule has 0 spiro atoms. The Labute approximate surface area is 131 Å². The van der Waals surface area contributed by atoms with E-state index in [0.29, 0.717) is 30.8 Å². The zero-order chi connectivity index (χ0) is 14.9. The van der Waals surface area contributed by atoms with E-state index in [9.17, 15) is 13.2 Å². The molecule has 0 aromatic carbocycles. The summed E-state index contributed by atoms with van der Waals surface area (Å²) >= 11 is 4.75. The second-order valence-electron chi connectivity index (χ2n) is 4.85. The Bertz CT molecular complexity index is 604. The molecule has 8 heteroatoms. The standard InChI is InChI=1S/C12H17BrN2O3S2/c1-8-11(7-12(13)19-8)20(17,18)15-5-3-10(4-6-15)14-9(2)16/h7,10H,3-6H2,1-2H3,(H,14,16). The Balaban J connectivity index is 2.10. The highest BCUT2D eigenvalue weighted by atomic mass is 79.9. The van der Waals surface area contributed by atoms with Crippen LogP contribution in [-0.4, -0.2) is 37.8 Å². The normalized spacial score (nSPS) is 18.1. The molecule has 2 rings (SSSR count). The first-order chi connectivity index (χ1) is 9.30. The van der Waals surface area contributed by atoms with Crippen LogP contribution in [-0.2, 0) is 14.8 Å². The number of rotatable bonds is 3. The SMILES string of the molecule is CC(=O)NC1CCN(S(=O)(=O)c2cc(Br)sc2C)CC1. The van der Waals surface area contributed by atoms with Gasteiger partial charge in [0.2, 0.25) is 15.9 Å². The van der Waals surface area contributed by atoms with Crippen molar-refractivity contribution in [2.75, 3.05) is 13.1 Å². The minimum Gasteiger partial charge on any atom is -0.354 e. The van der Waals surface area contributed by atoms with Gasteiger partial charge in [-0.25, -0.2) is 8.42 Å². The Morgan fingerprint density at radius 1 is 1.45 bits per heavy atom. The van der Waals surface area contributed by atoms with E-state index in [0.717, 1.165) is 8.66 Å². The highest BCUT2D eigenvalue weighted by Gasteiger charge is 2.31. The molecule has 0 bridgehead atoms. The van der Waals surface area contributed by atoms with Crippen molar-refractivity contribution in [3.05, 3.63) is 14.7 Å². The van der Waals surface area contributed by atoms with Gasteiger partial charge >= 0.3 is 0 Å². The van der Waals surface area contributed by atoms with Crippen LogP contribution in [0.3, 0.4) is 0 Å². The lowest BCUT2D eigenvalue weighted by atomic mass is 10.1. The molecule has 0 saturated carbocycles.